The van der Waals surface area contributed by atoms with Gasteiger partial charge in [-0.2, -0.15) is 4.31 Å². The van der Waals surface area contributed by atoms with Crippen molar-refractivity contribution >= 4 is 21.6 Å². The third-order valence-electron chi connectivity index (χ3n) is 3.46. The third-order valence-corrected chi connectivity index (χ3v) is 5.87. The molecular formula is C13H18ClNO2S. The fraction of sp³-hybridized carbons (Fsp3) is 0.538. The minimum absolute atomic E-state index is 0.337. The second kappa shape index (κ2) is 5.19. The van der Waals surface area contributed by atoms with Gasteiger partial charge in [-0.3, -0.25) is 0 Å². The molecule has 1 fully saturated rings. The van der Waals surface area contributed by atoms with E-state index in [0.717, 1.165) is 12.8 Å². The number of sulfonamides is 1. The average molecular weight is 288 g/mol. The standard InChI is InChI=1S/C13H18ClNO2S/c1-10-5-4-8-15(9-10)18(16,17)13-7-3-6-12(14)11(13)2/h3,6-7,10H,4-5,8-9H2,1-2H3. The van der Waals surface area contributed by atoms with Gasteiger partial charge in [0.1, 0.15) is 0 Å². The zero-order valence-corrected chi connectivity index (χ0v) is 12.3. The van der Waals surface area contributed by atoms with Crippen LogP contribution in [0.5, 0.6) is 0 Å². The molecule has 18 heavy (non-hydrogen) atoms. The van der Waals surface area contributed by atoms with Gasteiger partial charge in [0.2, 0.25) is 10.0 Å². The Bertz CT molecular complexity index is 542. The second-order valence-electron chi connectivity index (χ2n) is 4.97. The Labute approximate surface area is 114 Å². The Balaban J connectivity index is 2.39. The van der Waals surface area contributed by atoms with Crippen LogP contribution >= 0.6 is 11.6 Å². The normalized spacial score (nSPS) is 22.1. The monoisotopic (exact) mass is 287 g/mol. The van der Waals surface area contributed by atoms with E-state index in [4.69, 9.17) is 11.6 Å². The van der Waals surface area contributed by atoms with Crippen molar-refractivity contribution < 1.29 is 8.42 Å². The zero-order valence-electron chi connectivity index (χ0n) is 10.7. The van der Waals surface area contributed by atoms with Gasteiger partial charge >= 0.3 is 0 Å². The molecule has 0 aromatic heterocycles. The highest BCUT2D eigenvalue weighted by Gasteiger charge is 2.29. The molecule has 5 heteroatoms. The number of rotatable bonds is 2. The highest BCUT2D eigenvalue weighted by atomic mass is 35.5. The van der Waals surface area contributed by atoms with Gasteiger partial charge in [0.25, 0.3) is 0 Å². The van der Waals surface area contributed by atoms with Crippen LogP contribution in [0.3, 0.4) is 0 Å². The van der Waals surface area contributed by atoms with Crippen LogP contribution in [0.15, 0.2) is 23.1 Å². The molecule has 0 amide bonds. The molecule has 1 aliphatic heterocycles. The molecule has 1 saturated heterocycles. The summed E-state index contributed by atoms with van der Waals surface area (Å²) < 4.78 is 26.7. The first kappa shape index (κ1) is 13.8. The molecule has 1 heterocycles. The van der Waals surface area contributed by atoms with E-state index in [1.807, 2.05) is 0 Å². The van der Waals surface area contributed by atoms with E-state index in [0.29, 0.717) is 34.5 Å². The largest absolute Gasteiger partial charge is 0.243 e. The minimum atomic E-state index is -3.40. The van der Waals surface area contributed by atoms with Crippen LogP contribution in [-0.4, -0.2) is 25.8 Å². The lowest BCUT2D eigenvalue weighted by Crippen LogP contribution is -2.39. The van der Waals surface area contributed by atoms with E-state index < -0.39 is 10.0 Å². The molecule has 0 saturated carbocycles. The van der Waals surface area contributed by atoms with Gasteiger partial charge < -0.3 is 0 Å². The molecule has 0 aliphatic carbocycles. The van der Waals surface area contributed by atoms with Crippen molar-refractivity contribution in [2.45, 2.75) is 31.6 Å². The number of piperidine rings is 1. The van der Waals surface area contributed by atoms with Crippen LogP contribution in [-0.2, 0) is 10.0 Å². The zero-order chi connectivity index (χ0) is 13.3. The first-order chi connectivity index (χ1) is 8.43. The number of halogens is 1. The van der Waals surface area contributed by atoms with Crippen molar-refractivity contribution in [1.29, 1.82) is 0 Å². The predicted octanol–water partition coefficient (Wildman–Crippen LogP) is 3.07. The summed E-state index contributed by atoms with van der Waals surface area (Å²) in [5.41, 5.74) is 0.636. The molecule has 1 aromatic carbocycles. The Morgan fingerprint density at radius 2 is 2.11 bits per heavy atom. The first-order valence-corrected chi connectivity index (χ1v) is 8.00. The molecule has 3 nitrogen and oxygen atoms in total. The van der Waals surface area contributed by atoms with Gasteiger partial charge in [0.15, 0.2) is 0 Å². The van der Waals surface area contributed by atoms with E-state index in [9.17, 15) is 8.42 Å². The predicted molar refractivity (Wildman–Crippen MR) is 73.3 cm³/mol. The van der Waals surface area contributed by atoms with E-state index in [1.165, 1.54) is 0 Å². The SMILES string of the molecule is Cc1c(Cl)cccc1S(=O)(=O)N1CCCC(C)C1. The smallest absolute Gasteiger partial charge is 0.207 e. The van der Waals surface area contributed by atoms with E-state index in [-0.39, 0.29) is 0 Å². The van der Waals surface area contributed by atoms with Gasteiger partial charge in [0, 0.05) is 18.1 Å². The number of hydrogen-bond donors (Lipinski definition) is 0. The molecule has 1 atom stereocenters. The van der Waals surface area contributed by atoms with Crippen molar-refractivity contribution in [3.8, 4) is 0 Å². The van der Waals surface area contributed by atoms with Crippen molar-refractivity contribution in [3.63, 3.8) is 0 Å². The Morgan fingerprint density at radius 3 is 2.78 bits per heavy atom. The summed E-state index contributed by atoms with van der Waals surface area (Å²) in [6, 6.07) is 5.04. The highest BCUT2D eigenvalue weighted by Crippen LogP contribution is 2.28. The summed E-state index contributed by atoms with van der Waals surface area (Å²) in [6.07, 6.45) is 2.03. The maximum Gasteiger partial charge on any atom is 0.243 e. The van der Waals surface area contributed by atoms with E-state index in [2.05, 4.69) is 6.92 Å². The molecule has 2 rings (SSSR count). The Morgan fingerprint density at radius 1 is 1.39 bits per heavy atom. The second-order valence-corrected chi connectivity index (χ2v) is 7.29. The highest BCUT2D eigenvalue weighted by molar-refractivity contribution is 7.89. The summed E-state index contributed by atoms with van der Waals surface area (Å²) in [5.74, 6) is 0.424. The fourth-order valence-electron chi connectivity index (χ4n) is 2.37. The van der Waals surface area contributed by atoms with Gasteiger partial charge in [-0.15, -0.1) is 0 Å². The molecule has 0 N–H and O–H groups in total. The summed E-state index contributed by atoms with van der Waals surface area (Å²) >= 11 is 6.00. The van der Waals surface area contributed by atoms with Crippen LogP contribution in [0, 0.1) is 12.8 Å². The Hall–Kier alpha value is -0.580. The lowest BCUT2D eigenvalue weighted by atomic mass is 10.0. The average Bonchev–Trinajstić information content (AvgIpc) is 2.32. The van der Waals surface area contributed by atoms with Crippen molar-refractivity contribution in [1.82, 2.24) is 4.31 Å². The van der Waals surface area contributed by atoms with Crippen LogP contribution < -0.4 is 0 Å². The van der Waals surface area contributed by atoms with Crippen LogP contribution in [0.4, 0.5) is 0 Å². The van der Waals surface area contributed by atoms with Crippen LogP contribution in [0.2, 0.25) is 5.02 Å². The summed E-state index contributed by atoms with van der Waals surface area (Å²) in [4.78, 5) is 0.337. The first-order valence-electron chi connectivity index (χ1n) is 6.18. The molecule has 1 aliphatic rings. The molecule has 0 bridgehead atoms. The van der Waals surface area contributed by atoms with Crippen LogP contribution in [0.25, 0.3) is 0 Å². The van der Waals surface area contributed by atoms with Crippen molar-refractivity contribution in [2.24, 2.45) is 5.92 Å². The molecule has 0 spiro atoms. The molecule has 100 valence electrons. The number of hydrogen-bond acceptors (Lipinski definition) is 2. The number of benzene rings is 1. The van der Waals surface area contributed by atoms with Crippen molar-refractivity contribution in [2.75, 3.05) is 13.1 Å². The quantitative estimate of drug-likeness (QED) is 0.838. The molecular weight excluding hydrogens is 270 g/mol. The summed E-state index contributed by atoms with van der Waals surface area (Å²) in [7, 11) is -3.40. The lowest BCUT2D eigenvalue weighted by molar-refractivity contribution is 0.281. The summed E-state index contributed by atoms with van der Waals surface area (Å²) in [6.45, 7) is 5.06. The maximum atomic E-state index is 12.6. The van der Waals surface area contributed by atoms with Gasteiger partial charge in [0.05, 0.1) is 4.90 Å². The van der Waals surface area contributed by atoms with Crippen molar-refractivity contribution in [3.05, 3.63) is 28.8 Å². The maximum absolute atomic E-state index is 12.6. The third kappa shape index (κ3) is 2.56. The fourth-order valence-corrected chi connectivity index (χ4v) is 4.45. The van der Waals surface area contributed by atoms with Gasteiger partial charge in [-0.05, 0) is 43.4 Å². The number of nitrogens with zero attached hydrogens (tertiary/aromatic N) is 1. The molecule has 1 unspecified atom stereocenters. The summed E-state index contributed by atoms with van der Waals surface area (Å²) in [5, 5.41) is 0.501. The molecule has 1 aromatic rings. The van der Waals surface area contributed by atoms with E-state index in [1.54, 1.807) is 29.4 Å². The van der Waals surface area contributed by atoms with Crippen LogP contribution in [0.1, 0.15) is 25.3 Å². The minimum Gasteiger partial charge on any atom is -0.207 e. The van der Waals surface area contributed by atoms with E-state index >= 15 is 0 Å². The lowest BCUT2D eigenvalue weighted by Gasteiger charge is -2.30. The molecule has 0 radical (unpaired) electrons. The topological polar surface area (TPSA) is 37.4 Å². The van der Waals surface area contributed by atoms with Gasteiger partial charge in [-0.25, -0.2) is 8.42 Å². The Kier molecular flexibility index (Phi) is 3.99. The van der Waals surface area contributed by atoms with Gasteiger partial charge in [-0.1, -0.05) is 24.6 Å².